The van der Waals surface area contributed by atoms with Gasteiger partial charge in [0.05, 0.1) is 9.92 Å². The SMILES string of the molecule is NS(=O)(=O)c1ccc(-c2nc(Cc3ccccc3)oc2-c2ccccc2Cl)cc1. The van der Waals surface area contributed by atoms with E-state index in [0.717, 1.165) is 5.56 Å². The van der Waals surface area contributed by atoms with Crippen LogP contribution in [0.1, 0.15) is 11.5 Å². The van der Waals surface area contributed by atoms with Crippen LogP contribution in [0.2, 0.25) is 5.02 Å². The first-order chi connectivity index (χ1) is 13.9. The van der Waals surface area contributed by atoms with Gasteiger partial charge >= 0.3 is 0 Å². The highest BCUT2D eigenvalue weighted by atomic mass is 35.5. The van der Waals surface area contributed by atoms with E-state index in [2.05, 4.69) is 4.98 Å². The zero-order valence-electron chi connectivity index (χ0n) is 15.2. The van der Waals surface area contributed by atoms with Gasteiger partial charge in [-0.2, -0.15) is 0 Å². The Hall–Kier alpha value is -2.93. The average Bonchev–Trinajstić information content (AvgIpc) is 3.12. The first-order valence-corrected chi connectivity index (χ1v) is 10.8. The van der Waals surface area contributed by atoms with E-state index in [0.29, 0.717) is 39.9 Å². The molecule has 0 unspecified atom stereocenters. The van der Waals surface area contributed by atoms with Gasteiger partial charge in [0, 0.05) is 17.5 Å². The van der Waals surface area contributed by atoms with Gasteiger partial charge in [0.2, 0.25) is 10.0 Å². The van der Waals surface area contributed by atoms with E-state index < -0.39 is 10.0 Å². The number of benzene rings is 3. The Morgan fingerprint density at radius 3 is 2.21 bits per heavy atom. The number of sulfonamides is 1. The fourth-order valence-corrected chi connectivity index (χ4v) is 3.77. The van der Waals surface area contributed by atoms with Crippen molar-refractivity contribution in [3.05, 3.63) is 95.3 Å². The van der Waals surface area contributed by atoms with Crippen molar-refractivity contribution >= 4 is 21.6 Å². The topological polar surface area (TPSA) is 86.2 Å². The van der Waals surface area contributed by atoms with Gasteiger partial charge in [-0.1, -0.05) is 66.2 Å². The monoisotopic (exact) mass is 424 g/mol. The van der Waals surface area contributed by atoms with Crippen molar-refractivity contribution in [2.24, 2.45) is 5.14 Å². The van der Waals surface area contributed by atoms with Crippen molar-refractivity contribution in [3.8, 4) is 22.6 Å². The number of aromatic nitrogens is 1. The third-order valence-electron chi connectivity index (χ3n) is 4.44. The summed E-state index contributed by atoms with van der Waals surface area (Å²) >= 11 is 6.39. The molecule has 0 saturated heterocycles. The van der Waals surface area contributed by atoms with Crippen molar-refractivity contribution in [1.29, 1.82) is 0 Å². The lowest BCUT2D eigenvalue weighted by atomic mass is 10.1. The van der Waals surface area contributed by atoms with Crippen LogP contribution in [-0.4, -0.2) is 13.4 Å². The molecule has 146 valence electrons. The summed E-state index contributed by atoms with van der Waals surface area (Å²) in [5.41, 5.74) is 3.07. The number of primary sulfonamides is 1. The lowest BCUT2D eigenvalue weighted by molar-refractivity contribution is 0.519. The van der Waals surface area contributed by atoms with Crippen molar-refractivity contribution in [2.75, 3.05) is 0 Å². The Bertz CT molecular complexity index is 1250. The summed E-state index contributed by atoms with van der Waals surface area (Å²) in [6, 6.07) is 23.4. The van der Waals surface area contributed by atoms with E-state index in [1.54, 1.807) is 18.2 Å². The summed E-state index contributed by atoms with van der Waals surface area (Å²) in [5.74, 6) is 1.07. The Labute approximate surface area is 173 Å². The highest BCUT2D eigenvalue weighted by molar-refractivity contribution is 7.89. The maximum Gasteiger partial charge on any atom is 0.238 e. The van der Waals surface area contributed by atoms with Crippen LogP contribution in [0.4, 0.5) is 0 Å². The van der Waals surface area contributed by atoms with Crippen LogP contribution in [0.25, 0.3) is 22.6 Å². The van der Waals surface area contributed by atoms with E-state index in [1.807, 2.05) is 48.5 Å². The predicted molar refractivity (Wildman–Crippen MR) is 113 cm³/mol. The van der Waals surface area contributed by atoms with Crippen LogP contribution in [0.15, 0.2) is 88.2 Å². The standard InChI is InChI=1S/C22H17ClN2O3S/c23-19-9-5-4-8-18(19)22-21(16-10-12-17(13-11-16)29(24,26)27)25-20(28-22)14-15-6-2-1-3-7-15/h1-13H,14H2,(H2,24,26,27). The smallest absolute Gasteiger partial charge is 0.238 e. The van der Waals surface area contributed by atoms with E-state index in [4.69, 9.17) is 21.2 Å². The lowest BCUT2D eigenvalue weighted by Gasteiger charge is -2.04. The average molecular weight is 425 g/mol. The van der Waals surface area contributed by atoms with E-state index in [1.165, 1.54) is 12.1 Å². The summed E-state index contributed by atoms with van der Waals surface area (Å²) < 4.78 is 29.2. The minimum Gasteiger partial charge on any atom is -0.440 e. The summed E-state index contributed by atoms with van der Waals surface area (Å²) in [6.45, 7) is 0. The molecule has 0 aliphatic carbocycles. The van der Waals surface area contributed by atoms with Crippen molar-refractivity contribution in [2.45, 2.75) is 11.3 Å². The van der Waals surface area contributed by atoms with Gasteiger partial charge < -0.3 is 4.42 Å². The summed E-state index contributed by atoms with van der Waals surface area (Å²) in [5, 5.41) is 5.74. The number of oxazole rings is 1. The molecule has 0 saturated carbocycles. The van der Waals surface area contributed by atoms with Crippen molar-refractivity contribution < 1.29 is 12.8 Å². The van der Waals surface area contributed by atoms with Crippen molar-refractivity contribution in [3.63, 3.8) is 0 Å². The Morgan fingerprint density at radius 2 is 1.55 bits per heavy atom. The second-order valence-electron chi connectivity index (χ2n) is 6.50. The Morgan fingerprint density at radius 1 is 0.897 bits per heavy atom. The molecule has 4 aromatic rings. The van der Waals surface area contributed by atoms with Gasteiger partial charge in [-0.25, -0.2) is 18.5 Å². The Kier molecular flexibility index (Phi) is 5.24. The third kappa shape index (κ3) is 4.24. The van der Waals surface area contributed by atoms with Gasteiger partial charge in [0.1, 0.15) is 5.69 Å². The number of rotatable bonds is 5. The fourth-order valence-electron chi connectivity index (χ4n) is 3.04. The second-order valence-corrected chi connectivity index (χ2v) is 8.47. The number of hydrogen-bond acceptors (Lipinski definition) is 4. The molecule has 29 heavy (non-hydrogen) atoms. The summed E-state index contributed by atoms with van der Waals surface area (Å²) in [6.07, 6.45) is 0.521. The number of nitrogens with zero attached hydrogens (tertiary/aromatic N) is 1. The van der Waals surface area contributed by atoms with Gasteiger partial charge in [-0.3, -0.25) is 0 Å². The number of nitrogens with two attached hydrogens (primary N) is 1. The highest BCUT2D eigenvalue weighted by Gasteiger charge is 2.19. The van der Waals surface area contributed by atoms with Gasteiger partial charge in [0.25, 0.3) is 0 Å². The molecule has 3 aromatic carbocycles. The maximum absolute atomic E-state index is 11.5. The second kappa shape index (κ2) is 7.83. The molecule has 0 bridgehead atoms. The number of hydrogen-bond donors (Lipinski definition) is 1. The maximum atomic E-state index is 11.5. The third-order valence-corrected chi connectivity index (χ3v) is 5.70. The van der Waals surface area contributed by atoms with Crippen LogP contribution >= 0.6 is 11.6 Å². The largest absolute Gasteiger partial charge is 0.440 e. The molecule has 5 nitrogen and oxygen atoms in total. The first-order valence-electron chi connectivity index (χ1n) is 8.83. The Balaban J connectivity index is 1.82. The zero-order valence-corrected chi connectivity index (χ0v) is 16.8. The fraction of sp³-hybridized carbons (Fsp3) is 0.0455. The van der Waals surface area contributed by atoms with E-state index in [9.17, 15) is 8.42 Å². The van der Waals surface area contributed by atoms with E-state index in [-0.39, 0.29) is 4.90 Å². The summed E-state index contributed by atoms with van der Waals surface area (Å²) in [4.78, 5) is 4.71. The quantitative estimate of drug-likeness (QED) is 0.493. The molecule has 1 heterocycles. The molecule has 0 radical (unpaired) electrons. The zero-order chi connectivity index (χ0) is 20.4. The molecule has 0 aliphatic rings. The molecule has 0 fully saturated rings. The highest BCUT2D eigenvalue weighted by Crippen LogP contribution is 2.37. The molecule has 0 spiro atoms. The molecule has 7 heteroatoms. The van der Waals surface area contributed by atoms with E-state index >= 15 is 0 Å². The van der Waals surface area contributed by atoms with Crippen LogP contribution in [0.5, 0.6) is 0 Å². The summed E-state index contributed by atoms with van der Waals surface area (Å²) in [7, 11) is -3.77. The minimum atomic E-state index is -3.77. The molecule has 0 atom stereocenters. The predicted octanol–water partition coefficient (Wildman–Crippen LogP) is 4.90. The minimum absolute atomic E-state index is 0.0357. The molecular formula is C22H17ClN2O3S. The normalized spacial score (nSPS) is 11.5. The van der Waals surface area contributed by atoms with Crippen molar-refractivity contribution in [1.82, 2.24) is 4.98 Å². The lowest BCUT2D eigenvalue weighted by Crippen LogP contribution is -2.11. The van der Waals surface area contributed by atoms with Crippen LogP contribution in [0.3, 0.4) is 0 Å². The van der Waals surface area contributed by atoms with Crippen LogP contribution in [0, 0.1) is 0 Å². The molecule has 0 amide bonds. The molecule has 0 aliphatic heterocycles. The molecule has 4 rings (SSSR count). The molecular weight excluding hydrogens is 408 g/mol. The van der Waals surface area contributed by atoms with Gasteiger partial charge in [-0.05, 0) is 29.8 Å². The number of halogens is 1. The molecule has 1 aromatic heterocycles. The van der Waals surface area contributed by atoms with Gasteiger partial charge in [0.15, 0.2) is 11.7 Å². The first kappa shape index (κ1) is 19.4. The van der Waals surface area contributed by atoms with Crippen LogP contribution in [-0.2, 0) is 16.4 Å². The van der Waals surface area contributed by atoms with Crippen LogP contribution < -0.4 is 5.14 Å². The van der Waals surface area contributed by atoms with Gasteiger partial charge in [-0.15, -0.1) is 0 Å². The molecule has 2 N–H and O–H groups in total.